The van der Waals surface area contributed by atoms with E-state index in [2.05, 4.69) is 4.72 Å². The Kier molecular flexibility index (Phi) is 6.03. The quantitative estimate of drug-likeness (QED) is 0.708. The minimum Gasteiger partial charge on any atom is -0.493 e. The largest absolute Gasteiger partial charge is 0.493 e. The Balaban J connectivity index is 1.92. The molecule has 0 aromatic heterocycles. The fraction of sp³-hybridized carbons (Fsp3) is 0.529. The number of benzene rings is 1. The summed E-state index contributed by atoms with van der Waals surface area (Å²) in [5.41, 5.74) is 0.919. The van der Waals surface area contributed by atoms with Crippen LogP contribution < -0.4 is 9.46 Å². The summed E-state index contributed by atoms with van der Waals surface area (Å²) >= 11 is 0. The lowest BCUT2D eigenvalue weighted by Crippen LogP contribution is -2.29. The van der Waals surface area contributed by atoms with Crippen LogP contribution in [0.1, 0.15) is 44.7 Å². The molecule has 0 heterocycles. The van der Waals surface area contributed by atoms with Gasteiger partial charge in [-0.25, -0.2) is 13.1 Å². The van der Waals surface area contributed by atoms with Gasteiger partial charge in [-0.15, -0.1) is 0 Å². The molecule has 0 amide bonds. The van der Waals surface area contributed by atoms with Crippen LogP contribution in [0.4, 0.5) is 0 Å². The van der Waals surface area contributed by atoms with Crippen molar-refractivity contribution in [3.63, 3.8) is 0 Å². The molecule has 1 N–H and O–H groups in total. The minimum atomic E-state index is -3.27. The topological polar surface area (TPSA) is 55.4 Å². The number of rotatable bonds is 9. The zero-order valence-corrected chi connectivity index (χ0v) is 14.1. The molecule has 122 valence electrons. The highest BCUT2D eigenvalue weighted by molar-refractivity contribution is 7.89. The lowest BCUT2D eigenvalue weighted by Gasteiger charge is -2.15. The second-order valence-electron chi connectivity index (χ2n) is 5.84. The summed E-state index contributed by atoms with van der Waals surface area (Å²) < 4.78 is 32.5. The van der Waals surface area contributed by atoms with Gasteiger partial charge in [-0.3, -0.25) is 0 Å². The molecule has 0 saturated heterocycles. The second kappa shape index (κ2) is 7.79. The van der Waals surface area contributed by atoms with Crippen LogP contribution in [0.3, 0.4) is 0 Å². The van der Waals surface area contributed by atoms with E-state index in [4.69, 9.17) is 4.74 Å². The smallest absolute Gasteiger partial charge is 0.212 e. The first-order valence-corrected chi connectivity index (χ1v) is 9.49. The number of hydrogen-bond acceptors (Lipinski definition) is 3. The van der Waals surface area contributed by atoms with Crippen LogP contribution in [0.15, 0.2) is 36.4 Å². The van der Waals surface area contributed by atoms with Gasteiger partial charge in [-0.1, -0.05) is 24.3 Å². The molecule has 1 aromatic rings. The number of hydrogen-bond donors (Lipinski definition) is 1. The van der Waals surface area contributed by atoms with Crippen molar-refractivity contribution in [3.05, 3.63) is 42.0 Å². The highest BCUT2D eigenvalue weighted by Gasteiger charge is 2.22. The van der Waals surface area contributed by atoms with Crippen molar-refractivity contribution in [2.75, 3.05) is 12.4 Å². The SMILES string of the molecule is C/C=C/CCS(=O)(=O)N[C@H](C)c1cccc(OCC2CC2)c1. The molecule has 2 rings (SSSR count). The van der Waals surface area contributed by atoms with Crippen LogP contribution in [0, 0.1) is 5.92 Å². The van der Waals surface area contributed by atoms with Crippen LogP contribution in [0.25, 0.3) is 0 Å². The summed E-state index contributed by atoms with van der Waals surface area (Å²) in [6, 6.07) is 7.39. The summed E-state index contributed by atoms with van der Waals surface area (Å²) in [5, 5.41) is 0. The van der Waals surface area contributed by atoms with Crippen LogP contribution in [-0.2, 0) is 10.0 Å². The summed E-state index contributed by atoms with van der Waals surface area (Å²) in [4.78, 5) is 0. The standard InChI is InChI=1S/C17H25NO3S/c1-3-4-5-11-22(19,20)18-14(2)16-7-6-8-17(12-16)21-13-15-9-10-15/h3-4,6-8,12,14-15,18H,5,9-11,13H2,1-2H3/b4-3+/t14-/m1/s1. The molecule has 1 aliphatic carbocycles. The lowest BCUT2D eigenvalue weighted by atomic mass is 10.1. The summed E-state index contributed by atoms with van der Waals surface area (Å²) in [6.45, 7) is 4.50. The summed E-state index contributed by atoms with van der Waals surface area (Å²) in [5.74, 6) is 1.62. The molecule has 0 radical (unpaired) electrons. The Hall–Kier alpha value is -1.33. The van der Waals surface area contributed by atoms with Crippen molar-refractivity contribution in [2.24, 2.45) is 5.92 Å². The van der Waals surface area contributed by atoms with Gasteiger partial charge in [0.05, 0.1) is 12.4 Å². The molecule has 4 nitrogen and oxygen atoms in total. The zero-order valence-electron chi connectivity index (χ0n) is 13.3. The van der Waals surface area contributed by atoms with Crippen LogP contribution >= 0.6 is 0 Å². The maximum Gasteiger partial charge on any atom is 0.212 e. The van der Waals surface area contributed by atoms with E-state index in [0.29, 0.717) is 12.3 Å². The van der Waals surface area contributed by atoms with Gasteiger partial charge >= 0.3 is 0 Å². The first-order chi connectivity index (χ1) is 10.5. The van der Waals surface area contributed by atoms with Gasteiger partial charge in [0, 0.05) is 6.04 Å². The molecule has 0 bridgehead atoms. The average Bonchev–Trinajstić information content (AvgIpc) is 3.29. The number of nitrogens with one attached hydrogen (secondary N) is 1. The maximum atomic E-state index is 12.0. The van der Waals surface area contributed by atoms with Gasteiger partial charge in [-0.2, -0.15) is 0 Å². The van der Waals surface area contributed by atoms with Gasteiger partial charge in [0.15, 0.2) is 0 Å². The van der Waals surface area contributed by atoms with Gasteiger partial charge in [0.25, 0.3) is 0 Å². The monoisotopic (exact) mass is 323 g/mol. The molecular weight excluding hydrogens is 298 g/mol. The van der Waals surface area contributed by atoms with Gasteiger partial charge in [0.2, 0.25) is 10.0 Å². The van der Waals surface area contributed by atoms with E-state index >= 15 is 0 Å². The molecular formula is C17H25NO3S. The van der Waals surface area contributed by atoms with Crippen LogP contribution in [0.2, 0.25) is 0 Å². The Morgan fingerprint density at radius 1 is 1.41 bits per heavy atom. The normalized spacial score (nSPS) is 16.8. The van der Waals surface area contributed by atoms with Crippen molar-refractivity contribution < 1.29 is 13.2 Å². The molecule has 5 heteroatoms. The predicted octanol–water partition coefficient (Wildman–Crippen LogP) is 3.42. The highest BCUT2D eigenvalue weighted by atomic mass is 32.2. The molecule has 0 aliphatic heterocycles. The number of ether oxygens (including phenoxy) is 1. The predicted molar refractivity (Wildman–Crippen MR) is 89.4 cm³/mol. The van der Waals surface area contributed by atoms with E-state index in [1.807, 2.05) is 50.3 Å². The molecule has 1 saturated carbocycles. The van der Waals surface area contributed by atoms with Crippen molar-refractivity contribution >= 4 is 10.0 Å². The first kappa shape index (κ1) is 17.0. The Morgan fingerprint density at radius 3 is 2.86 bits per heavy atom. The van der Waals surface area contributed by atoms with Crippen LogP contribution in [-0.4, -0.2) is 20.8 Å². The van der Waals surface area contributed by atoms with E-state index < -0.39 is 10.0 Å². The average molecular weight is 323 g/mol. The van der Waals surface area contributed by atoms with E-state index in [0.717, 1.165) is 17.9 Å². The Labute approximate surface area is 133 Å². The fourth-order valence-corrected chi connectivity index (χ4v) is 3.40. The molecule has 1 fully saturated rings. The van der Waals surface area contributed by atoms with E-state index in [-0.39, 0.29) is 11.8 Å². The highest BCUT2D eigenvalue weighted by Crippen LogP contribution is 2.30. The van der Waals surface area contributed by atoms with Gasteiger partial charge in [-0.05, 0) is 56.7 Å². The lowest BCUT2D eigenvalue weighted by molar-refractivity contribution is 0.299. The Bertz CT molecular complexity index is 606. The number of sulfonamides is 1. The van der Waals surface area contributed by atoms with Crippen LogP contribution in [0.5, 0.6) is 5.75 Å². The van der Waals surface area contributed by atoms with Gasteiger partial charge in [0.1, 0.15) is 5.75 Å². The van der Waals surface area contributed by atoms with Crippen molar-refractivity contribution in [2.45, 2.75) is 39.2 Å². The van der Waals surface area contributed by atoms with E-state index in [1.54, 1.807) is 0 Å². The zero-order chi connectivity index (χ0) is 16.0. The van der Waals surface area contributed by atoms with E-state index in [9.17, 15) is 8.42 Å². The second-order valence-corrected chi connectivity index (χ2v) is 7.72. The molecule has 0 unspecified atom stereocenters. The molecule has 0 spiro atoms. The van der Waals surface area contributed by atoms with Crippen molar-refractivity contribution in [1.82, 2.24) is 4.72 Å². The maximum absolute atomic E-state index is 12.0. The van der Waals surface area contributed by atoms with Crippen molar-refractivity contribution in [3.8, 4) is 5.75 Å². The third-order valence-corrected chi connectivity index (χ3v) is 5.17. The Morgan fingerprint density at radius 2 is 2.18 bits per heavy atom. The summed E-state index contributed by atoms with van der Waals surface area (Å²) in [6.07, 6.45) is 6.75. The molecule has 1 aromatic carbocycles. The molecule has 22 heavy (non-hydrogen) atoms. The third-order valence-electron chi connectivity index (χ3n) is 3.69. The molecule has 1 aliphatic rings. The fourth-order valence-electron chi connectivity index (χ4n) is 2.16. The van der Waals surface area contributed by atoms with E-state index in [1.165, 1.54) is 12.8 Å². The first-order valence-electron chi connectivity index (χ1n) is 7.84. The molecule has 1 atom stereocenters. The number of allylic oxidation sites excluding steroid dienone is 2. The van der Waals surface area contributed by atoms with Crippen molar-refractivity contribution in [1.29, 1.82) is 0 Å². The summed E-state index contributed by atoms with van der Waals surface area (Å²) in [7, 11) is -3.27. The minimum absolute atomic E-state index is 0.111. The third kappa shape index (κ3) is 5.81. The van der Waals surface area contributed by atoms with Gasteiger partial charge < -0.3 is 4.74 Å².